The Bertz CT molecular complexity index is 477. The Kier molecular flexibility index (Phi) is 2.66. The number of aromatic nitrogens is 2. The number of rotatable bonds is 1. The molecule has 1 saturated carbocycles. The molecule has 2 heterocycles. The minimum absolute atomic E-state index is 0.0786. The highest BCUT2D eigenvalue weighted by atomic mass is 16.5. The number of hydrogen-bond donors (Lipinski definition) is 0. The first-order valence-electron chi connectivity index (χ1n) is 6.47. The van der Waals surface area contributed by atoms with Crippen molar-refractivity contribution >= 4 is 5.91 Å². The zero-order valence-corrected chi connectivity index (χ0v) is 11.0. The van der Waals surface area contributed by atoms with Gasteiger partial charge in [-0.25, -0.2) is 0 Å². The second-order valence-electron chi connectivity index (χ2n) is 5.57. The Balaban J connectivity index is 1.80. The standard InChI is InChI=1S/C13H19N3O2/c1-10-7-11(15(2)14-10)12(17)16-5-6-18-9-13(8-16)3-4-13/h7H,3-6,8-9H2,1-2H3. The molecule has 0 aromatic carbocycles. The Labute approximate surface area is 107 Å². The lowest BCUT2D eigenvalue weighted by molar-refractivity contribution is 0.0724. The van der Waals surface area contributed by atoms with Crippen molar-refractivity contribution in [2.45, 2.75) is 19.8 Å². The summed E-state index contributed by atoms with van der Waals surface area (Å²) < 4.78 is 7.28. The lowest BCUT2D eigenvalue weighted by Crippen LogP contribution is -2.37. The van der Waals surface area contributed by atoms with Crippen molar-refractivity contribution in [2.75, 3.05) is 26.3 Å². The summed E-state index contributed by atoms with van der Waals surface area (Å²) in [6.07, 6.45) is 2.36. The van der Waals surface area contributed by atoms with E-state index in [-0.39, 0.29) is 11.3 Å². The number of amides is 1. The van der Waals surface area contributed by atoms with Crippen LogP contribution >= 0.6 is 0 Å². The van der Waals surface area contributed by atoms with Crippen LogP contribution in [0.5, 0.6) is 0 Å². The Morgan fingerprint density at radius 3 is 2.89 bits per heavy atom. The highest BCUT2D eigenvalue weighted by Gasteiger charge is 2.46. The van der Waals surface area contributed by atoms with Gasteiger partial charge < -0.3 is 9.64 Å². The Morgan fingerprint density at radius 1 is 1.50 bits per heavy atom. The molecule has 1 aromatic rings. The second-order valence-corrected chi connectivity index (χ2v) is 5.57. The van der Waals surface area contributed by atoms with E-state index in [9.17, 15) is 4.79 Å². The molecule has 2 aliphatic rings. The molecule has 0 bridgehead atoms. The van der Waals surface area contributed by atoms with Gasteiger partial charge in [-0.3, -0.25) is 9.48 Å². The molecule has 0 atom stereocenters. The summed E-state index contributed by atoms with van der Waals surface area (Å²) in [7, 11) is 1.82. The molecule has 1 spiro atoms. The van der Waals surface area contributed by atoms with E-state index in [4.69, 9.17) is 4.74 Å². The van der Waals surface area contributed by atoms with Crippen molar-refractivity contribution in [3.63, 3.8) is 0 Å². The smallest absolute Gasteiger partial charge is 0.272 e. The van der Waals surface area contributed by atoms with Crippen molar-refractivity contribution in [3.05, 3.63) is 17.5 Å². The van der Waals surface area contributed by atoms with Gasteiger partial charge in [-0.1, -0.05) is 0 Å². The summed E-state index contributed by atoms with van der Waals surface area (Å²) in [4.78, 5) is 14.4. The minimum atomic E-state index is 0.0786. The molecule has 5 nitrogen and oxygen atoms in total. The van der Waals surface area contributed by atoms with Crippen molar-refractivity contribution < 1.29 is 9.53 Å². The molecule has 1 aromatic heterocycles. The normalized spacial score (nSPS) is 22.0. The SMILES string of the molecule is Cc1cc(C(=O)N2CCOCC3(CC3)C2)n(C)n1. The second kappa shape index (κ2) is 4.09. The zero-order chi connectivity index (χ0) is 12.8. The van der Waals surface area contributed by atoms with Gasteiger partial charge in [-0.2, -0.15) is 5.10 Å². The van der Waals surface area contributed by atoms with Gasteiger partial charge in [-0.05, 0) is 25.8 Å². The third-order valence-electron chi connectivity index (χ3n) is 3.91. The van der Waals surface area contributed by atoms with E-state index < -0.39 is 0 Å². The predicted octanol–water partition coefficient (Wildman–Crippen LogP) is 0.981. The average Bonchev–Trinajstić information content (AvgIpc) is 3.06. The van der Waals surface area contributed by atoms with Crippen LogP contribution in [0.15, 0.2) is 6.07 Å². The van der Waals surface area contributed by atoms with Crippen molar-refractivity contribution in [1.29, 1.82) is 0 Å². The monoisotopic (exact) mass is 249 g/mol. The van der Waals surface area contributed by atoms with E-state index in [0.29, 0.717) is 18.8 Å². The summed E-state index contributed by atoms with van der Waals surface area (Å²) in [5.74, 6) is 0.0786. The third-order valence-corrected chi connectivity index (χ3v) is 3.91. The fourth-order valence-corrected chi connectivity index (χ4v) is 2.62. The quantitative estimate of drug-likeness (QED) is 0.745. The Morgan fingerprint density at radius 2 is 2.28 bits per heavy atom. The van der Waals surface area contributed by atoms with Crippen LogP contribution in [-0.2, 0) is 11.8 Å². The molecule has 0 N–H and O–H groups in total. The van der Waals surface area contributed by atoms with Crippen LogP contribution in [0.2, 0.25) is 0 Å². The predicted molar refractivity (Wildman–Crippen MR) is 66.3 cm³/mol. The first-order chi connectivity index (χ1) is 8.60. The van der Waals surface area contributed by atoms with Crippen LogP contribution in [0.3, 0.4) is 0 Å². The highest BCUT2D eigenvalue weighted by molar-refractivity contribution is 5.92. The molecule has 0 unspecified atom stereocenters. The minimum Gasteiger partial charge on any atom is -0.379 e. The molecule has 5 heteroatoms. The summed E-state index contributed by atoms with van der Waals surface area (Å²) in [5, 5.41) is 4.24. The number of ether oxygens (including phenoxy) is 1. The zero-order valence-electron chi connectivity index (χ0n) is 11.0. The maximum Gasteiger partial charge on any atom is 0.272 e. The Hall–Kier alpha value is -1.36. The maximum atomic E-state index is 12.5. The van der Waals surface area contributed by atoms with Gasteiger partial charge in [0.05, 0.1) is 18.9 Å². The fraction of sp³-hybridized carbons (Fsp3) is 0.692. The third kappa shape index (κ3) is 2.03. The lowest BCUT2D eigenvalue weighted by Gasteiger charge is -2.23. The van der Waals surface area contributed by atoms with Crippen molar-refractivity contribution in [2.24, 2.45) is 12.5 Å². The van der Waals surface area contributed by atoms with Crippen molar-refractivity contribution in [3.8, 4) is 0 Å². The van der Waals surface area contributed by atoms with E-state index >= 15 is 0 Å². The molecule has 18 heavy (non-hydrogen) atoms. The molecular formula is C13H19N3O2. The summed E-state index contributed by atoms with van der Waals surface area (Å²) in [6.45, 7) is 4.87. The van der Waals surface area contributed by atoms with E-state index in [1.54, 1.807) is 4.68 Å². The number of hydrogen-bond acceptors (Lipinski definition) is 3. The topological polar surface area (TPSA) is 47.4 Å². The van der Waals surface area contributed by atoms with Gasteiger partial charge in [0.25, 0.3) is 5.91 Å². The van der Waals surface area contributed by atoms with Crippen LogP contribution < -0.4 is 0 Å². The summed E-state index contributed by atoms with van der Waals surface area (Å²) in [6, 6.07) is 1.85. The maximum absolute atomic E-state index is 12.5. The van der Waals surface area contributed by atoms with Crippen LogP contribution in [0, 0.1) is 12.3 Å². The molecule has 1 aliphatic heterocycles. The van der Waals surface area contributed by atoms with Gasteiger partial charge in [-0.15, -0.1) is 0 Å². The summed E-state index contributed by atoms with van der Waals surface area (Å²) in [5.41, 5.74) is 1.80. The molecular weight excluding hydrogens is 230 g/mol. The van der Waals surface area contributed by atoms with Gasteiger partial charge in [0.2, 0.25) is 0 Å². The molecule has 1 saturated heterocycles. The average molecular weight is 249 g/mol. The van der Waals surface area contributed by atoms with E-state index in [1.807, 2.05) is 24.9 Å². The number of nitrogens with zero attached hydrogens (tertiary/aromatic N) is 3. The molecule has 98 valence electrons. The fourth-order valence-electron chi connectivity index (χ4n) is 2.62. The molecule has 1 aliphatic carbocycles. The van der Waals surface area contributed by atoms with Gasteiger partial charge >= 0.3 is 0 Å². The first kappa shape index (κ1) is 11.7. The largest absolute Gasteiger partial charge is 0.379 e. The highest BCUT2D eigenvalue weighted by Crippen LogP contribution is 2.47. The number of carbonyl (C=O) groups is 1. The van der Waals surface area contributed by atoms with E-state index in [0.717, 1.165) is 18.8 Å². The first-order valence-corrected chi connectivity index (χ1v) is 6.47. The van der Waals surface area contributed by atoms with Crippen LogP contribution in [-0.4, -0.2) is 46.9 Å². The van der Waals surface area contributed by atoms with Gasteiger partial charge in [0.15, 0.2) is 0 Å². The molecule has 3 rings (SSSR count). The van der Waals surface area contributed by atoms with Crippen molar-refractivity contribution in [1.82, 2.24) is 14.7 Å². The number of carbonyl (C=O) groups excluding carboxylic acids is 1. The van der Waals surface area contributed by atoms with Crippen LogP contribution in [0.4, 0.5) is 0 Å². The molecule has 2 fully saturated rings. The van der Waals surface area contributed by atoms with E-state index in [2.05, 4.69) is 5.10 Å². The number of aryl methyl sites for hydroxylation is 2. The molecule has 1 amide bonds. The van der Waals surface area contributed by atoms with Gasteiger partial charge in [0, 0.05) is 25.6 Å². The van der Waals surface area contributed by atoms with Gasteiger partial charge in [0.1, 0.15) is 5.69 Å². The lowest BCUT2D eigenvalue weighted by atomic mass is 10.1. The van der Waals surface area contributed by atoms with Crippen LogP contribution in [0.25, 0.3) is 0 Å². The summed E-state index contributed by atoms with van der Waals surface area (Å²) >= 11 is 0. The van der Waals surface area contributed by atoms with E-state index in [1.165, 1.54) is 12.8 Å². The van der Waals surface area contributed by atoms with Crippen LogP contribution in [0.1, 0.15) is 29.0 Å². The molecule has 0 radical (unpaired) electrons.